The molecular weight excluding hydrogens is 411 g/mol. The lowest BCUT2D eigenvalue weighted by Gasteiger charge is -2.29. The normalized spacial score (nSPS) is 15.6. The molecule has 30 heavy (non-hydrogen) atoms. The Morgan fingerprint density at radius 1 is 1.13 bits per heavy atom. The van der Waals surface area contributed by atoms with E-state index in [1.807, 2.05) is 24.8 Å². The molecule has 1 aliphatic heterocycles. The summed E-state index contributed by atoms with van der Waals surface area (Å²) in [7, 11) is 0. The zero-order chi connectivity index (χ0) is 21.3. The third kappa shape index (κ3) is 4.03. The van der Waals surface area contributed by atoms with Gasteiger partial charge in [-0.3, -0.25) is 0 Å². The number of hydrogen-bond donors (Lipinski definition) is 1. The van der Waals surface area contributed by atoms with Crippen molar-refractivity contribution in [2.45, 2.75) is 26.3 Å². The number of pyridine rings is 1. The van der Waals surface area contributed by atoms with E-state index in [-0.39, 0.29) is 5.56 Å². The maximum Gasteiger partial charge on any atom is 0.266 e. The summed E-state index contributed by atoms with van der Waals surface area (Å²) in [6.07, 6.45) is -1.47. The van der Waals surface area contributed by atoms with Crippen molar-refractivity contribution in [1.82, 2.24) is 15.0 Å². The highest BCUT2D eigenvalue weighted by Crippen LogP contribution is 2.32. The summed E-state index contributed by atoms with van der Waals surface area (Å²) < 4.78 is 40.7. The van der Waals surface area contributed by atoms with Crippen LogP contribution in [0.4, 0.5) is 24.7 Å². The van der Waals surface area contributed by atoms with E-state index in [0.29, 0.717) is 16.9 Å². The van der Waals surface area contributed by atoms with Gasteiger partial charge < -0.3 is 10.2 Å². The molecule has 0 aliphatic carbocycles. The van der Waals surface area contributed by atoms with E-state index in [1.165, 1.54) is 18.5 Å². The molecule has 1 atom stereocenters. The van der Waals surface area contributed by atoms with Gasteiger partial charge in [0.2, 0.25) is 0 Å². The predicted octanol–water partition coefficient (Wildman–Crippen LogP) is 5.14. The van der Waals surface area contributed by atoms with Crippen molar-refractivity contribution in [3.63, 3.8) is 0 Å². The van der Waals surface area contributed by atoms with E-state index in [2.05, 4.69) is 25.2 Å². The molecule has 1 aliphatic rings. The standard InChI is InChI=1S/C21H22F3N5S/c1-12(14-4-3-5-15(18(14)22)19(23)24)27-20-16-10-17(29-6-8-30-9-7-29)13(2)28-21(16)26-11-25-20/h3-5,10-12,19H,6-9H2,1-2H3,(H,25,26,27,28)/t12-/m1/s1. The van der Waals surface area contributed by atoms with Crippen LogP contribution < -0.4 is 10.2 Å². The number of aromatic nitrogens is 3. The molecule has 3 heterocycles. The molecule has 1 N–H and O–H groups in total. The third-order valence-electron chi connectivity index (χ3n) is 5.25. The van der Waals surface area contributed by atoms with Crippen LogP contribution in [0.25, 0.3) is 11.0 Å². The van der Waals surface area contributed by atoms with Crippen molar-refractivity contribution in [3.8, 4) is 0 Å². The number of anilines is 2. The highest BCUT2D eigenvalue weighted by molar-refractivity contribution is 7.99. The lowest BCUT2D eigenvalue weighted by Crippen LogP contribution is -2.33. The Labute approximate surface area is 177 Å². The number of alkyl halides is 2. The van der Waals surface area contributed by atoms with Crippen molar-refractivity contribution < 1.29 is 13.2 Å². The maximum absolute atomic E-state index is 14.6. The Balaban J connectivity index is 1.70. The van der Waals surface area contributed by atoms with Gasteiger partial charge in [-0.25, -0.2) is 28.1 Å². The first-order valence-electron chi connectivity index (χ1n) is 9.73. The number of nitrogens with zero attached hydrogens (tertiary/aromatic N) is 4. The van der Waals surface area contributed by atoms with Gasteiger partial charge in [0.1, 0.15) is 18.0 Å². The van der Waals surface area contributed by atoms with Crippen molar-refractivity contribution in [3.05, 3.63) is 53.2 Å². The fraction of sp³-hybridized carbons (Fsp3) is 0.381. The minimum Gasteiger partial charge on any atom is -0.368 e. The van der Waals surface area contributed by atoms with Crippen LogP contribution in [0.5, 0.6) is 0 Å². The van der Waals surface area contributed by atoms with Crippen molar-refractivity contribution >= 4 is 34.3 Å². The maximum atomic E-state index is 14.6. The van der Waals surface area contributed by atoms with E-state index in [4.69, 9.17) is 0 Å². The van der Waals surface area contributed by atoms with E-state index in [0.717, 1.165) is 42.0 Å². The lowest BCUT2D eigenvalue weighted by atomic mass is 10.0. The largest absolute Gasteiger partial charge is 0.368 e. The minimum absolute atomic E-state index is 0.160. The molecule has 5 nitrogen and oxygen atoms in total. The first-order chi connectivity index (χ1) is 14.5. The lowest BCUT2D eigenvalue weighted by molar-refractivity contribution is 0.146. The second-order valence-corrected chi connectivity index (χ2v) is 8.43. The average Bonchev–Trinajstić information content (AvgIpc) is 2.74. The van der Waals surface area contributed by atoms with Crippen molar-refractivity contribution in [2.24, 2.45) is 0 Å². The molecule has 1 saturated heterocycles. The average molecular weight is 434 g/mol. The molecular formula is C21H22F3N5S. The van der Waals surface area contributed by atoms with Crippen molar-refractivity contribution in [1.29, 1.82) is 0 Å². The van der Waals surface area contributed by atoms with Gasteiger partial charge in [-0.1, -0.05) is 18.2 Å². The van der Waals surface area contributed by atoms with Crippen LogP contribution in [-0.4, -0.2) is 39.5 Å². The summed E-state index contributed by atoms with van der Waals surface area (Å²) in [4.78, 5) is 15.5. The summed E-state index contributed by atoms with van der Waals surface area (Å²) >= 11 is 1.93. The Morgan fingerprint density at radius 2 is 1.87 bits per heavy atom. The molecule has 0 bridgehead atoms. The van der Waals surface area contributed by atoms with Crippen molar-refractivity contribution in [2.75, 3.05) is 34.8 Å². The topological polar surface area (TPSA) is 53.9 Å². The highest BCUT2D eigenvalue weighted by atomic mass is 32.2. The Hall–Kier alpha value is -2.55. The van der Waals surface area contributed by atoms with Crippen LogP contribution in [0.2, 0.25) is 0 Å². The SMILES string of the molecule is Cc1nc2ncnc(N[C@H](C)c3cccc(C(F)F)c3F)c2cc1N1CCSCC1. The van der Waals surface area contributed by atoms with Crippen LogP contribution >= 0.6 is 11.8 Å². The fourth-order valence-corrected chi connectivity index (χ4v) is 4.56. The van der Waals surface area contributed by atoms with Gasteiger partial charge in [0, 0.05) is 30.2 Å². The van der Waals surface area contributed by atoms with Gasteiger partial charge in [0.15, 0.2) is 5.65 Å². The third-order valence-corrected chi connectivity index (χ3v) is 6.20. The smallest absolute Gasteiger partial charge is 0.266 e. The second kappa shape index (κ2) is 8.67. The molecule has 9 heteroatoms. The fourth-order valence-electron chi connectivity index (χ4n) is 3.66. The van der Waals surface area contributed by atoms with E-state index in [9.17, 15) is 13.2 Å². The number of nitrogens with one attached hydrogen (secondary N) is 1. The Kier molecular flexibility index (Phi) is 5.99. The van der Waals surface area contributed by atoms with Crippen LogP contribution in [-0.2, 0) is 0 Å². The molecule has 3 aromatic rings. The van der Waals surface area contributed by atoms with Gasteiger partial charge in [0.25, 0.3) is 6.43 Å². The summed E-state index contributed by atoms with van der Waals surface area (Å²) in [5.74, 6) is 1.72. The number of rotatable bonds is 5. The molecule has 4 rings (SSSR count). The first kappa shape index (κ1) is 20.7. The molecule has 1 aromatic carbocycles. The zero-order valence-corrected chi connectivity index (χ0v) is 17.5. The monoisotopic (exact) mass is 433 g/mol. The molecule has 1 fully saturated rings. The Morgan fingerprint density at radius 3 is 2.60 bits per heavy atom. The summed E-state index contributed by atoms with van der Waals surface area (Å²) in [5, 5.41) is 3.88. The molecule has 0 radical (unpaired) electrons. The van der Waals surface area contributed by atoms with Crippen LogP contribution in [0.15, 0.2) is 30.6 Å². The highest BCUT2D eigenvalue weighted by Gasteiger charge is 2.21. The molecule has 2 aromatic heterocycles. The Bertz CT molecular complexity index is 1060. The van der Waals surface area contributed by atoms with Gasteiger partial charge >= 0.3 is 0 Å². The number of hydrogen-bond acceptors (Lipinski definition) is 6. The van der Waals surface area contributed by atoms with Gasteiger partial charge in [-0.2, -0.15) is 11.8 Å². The second-order valence-electron chi connectivity index (χ2n) is 7.20. The molecule has 158 valence electrons. The van der Waals surface area contributed by atoms with Crippen LogP contribution in [0, 0.1) is 12.7 Å². The number of fused-ring (bicyclic) bond motifs is 1. The number of halogens is 3. The predicted molar refractivity (Wildman–Crippen MR) is 115 cm³/mol. The molecule has 0 amide bonds. The number of thioether (sulfide) groups is 1. The number of benzene rings is 1. The van der Waals surface area contributed by atoms with E-state index >= 15 is 0 Å². The van der Waals surface area contributed by atoms with Crippen LogP contribution in [0.3, 0.4) is 0 Å². The molecule has 0 unspecified atom stereocenters. The number of aryl methyl sites for hydroxylation is 1. The van der Waals surface area contributed by atoms with Gasteiger partial charge in [-0.15, -0.1) is 0 Å². The van der Waals surface area contributed by atoms with Crippen LogP contribution in [0.1, 0.15) is 36.2 Å². The van der Waals surface area contributed by atoms with Gasteiger partial charge in [0.05, 0.1) is 28.4 Å². The van der Waals surface area contributed by atoms with E-state index < -0.39 is 23.8 Å². The molecule has 0 saturated carbocycles. The minimum atomic E-state index is -2.87. The summed E-state index contributed by atoms with van der Waals surface area (Å²) in [5.41, 5.74) is 2.01. The van der Waals surface area contributed by atoms with E-state index in [1.54, 1.807) is 6.92 Å². The quantitative estimate of drug-likeness (QED) is 0.602. The zero-order valence-electron chi connectivity index (χ0n) is 16.7. The summed E-state index contributed by atoms with van der Waals surface area (Å²) in [6.45, 7) is 5.56. The first-order valence-corrected chi connectivity index (χ1v) is 10.9. The van der Waals surface area contributed by atoms with Gasteiger partial charge in [-0.05, 0) is 19.9 Å². The molecule has 0 spiro atoms. The summed E-state index contributed by atoms with van der Waals surface area (Å²) in [6, 6.07) is 5.48.